The topological polar surface area (TPSA) is 71.2 Å². The van der Waals surface area contributed by atoms with Crippen LogP contribution in [0.5, 0.6) is 0 Å². The van der Waals surface area contributed by atoms with Crippen molar-refractivity contribution in [2.24, 2.45) is 5.73 Å². The molecule has 110 valence electrons. The molecule has 1 aliphatic rings. The Morgan fingerprint density at radius 2 is 2.14 bits per heavy atom. The van der Waals surface area contributed by atoms with E-state index in [0.29, 0.717) is 13.1 Å². The number of nitrogens with zero attached hydrogens (tertiary/aromatic N) is 2. The summed E-state index contributed by atoms with van der Waals surface area (Å²) in [7, 11) is 0. The summed E-state index contributed by atoms with van der Waals surface area (Å²) in [5.74, 6) is 0.836. The molecule has 1 saturated heterocycles. The number of fused-ring (bicyclic) bond motifs is 1. The SMILES string of the molecule is CC1(C)C(=O)NCCN1c1nc2ccccc2cc1CN. The number of para-hydroxylation sites is 1. The van der Waals surface area contributed by atoms with Gasteiger partial charge < -0.3 is 16.0 Å². The molecule has 1 aromatic heterocycles. The number of nitrogens with two attached hydrogens (primary N) is 1. The third-order valence-electron chi connectivity index (χ3n) is 4.11. The normalized spacial score (nSPS) is 17.9. The number of hydrogen-bond acceptors (Lipinski definition) is 4. The number of pyridine rings is 1. The standard InChI is InChI=1S/C16H20N4O/c1-16(2)15(21)18-7-8-20(16)14-12(10-17)9-11-5-3-4-6-13(11)19-14/h3-6,9H,7-8,10,17H2,1-2H3,(H,18,21). The fraction of sp³-hybridized carbons (Fsp3) is 0.375. The number of hydrogen-bond donors (Lipinski definition) is 2. The van der Waals surface area contributed by atoms with Gasteiger partial charge in [-0.05, 0) is 26.0 Å². The second-order valence-corrected chi connectivity index (χ2v) is 5.83. The number of nitrogens with one attached hydrogen (secondary N) is 1. The zero-order chi connectivity index (χ0) is 15.0. The number of piperazine rings is 1. The number of carbonyl (C=O) groups is 1. The van der Waals surface area contributed by atoms with Gasteiger partial charge in [-0.25, -0.2) is 4.98 Å². The molecule has 0 spiro atoms. The fourth-order valence-electron chi connectivity index (χ4n) is 2.80. The number of rotatable bonds is 2. The minimum Gasteiger partial charge on any atom is -0.352 e. The molecule has 0 saturated carbocycles. The van der Waals surface area contributed by atoms with Crippen LogP contribution in [-0.2, 0) is 11.3 Å². The van der Waals surface area contributed by atoms with Gasteiger partial charge in [0, 0.05) is 30.6 Å². The maximum absolute atomic E-state index is 12.2. The molecule has 0 bridgehead atoms. The number of benzene rings is 1. The molecule has 0 radical (unpaired) electrons. The van der Waals surface area contributed by atoms with E-state index in [1.807, 2.05) is 38.1 Å². The summed E-state index contributed by atoms with van der Waals surface area (Å²) in [6, 6.07) is 10.0. The first kappa shape index (κ1) is 13.8. The van der Waals surface area contributed by atoms with E-state index in [2.05, 4.69) is 16.3 Å². The molecule has 1 amide bonds. The van der Waals surface area contributed by atoms with E-state index in [1.165, 1.54) is 0 Å². The van der Waals surface area contributed by atoms with Gasteiger partial charge in [0.2, 0.25) is 5.91 Å². The summed E-state index contributed by atoms with van der Waals surface area (Å²) < 4.78 is 0. The minimum absolute atomic E-state index is 0.0201. The lowest BCUT2D eigenvalue weighted by Gasteiger charge is -2.42. The van der Waals surface area contributed by atoms with Crippen molar-refractivity contribution < 1.29 is 4.79 Å². The highest BCUT2D eigenvalue weighted by Crippen LogP contribution is 2.30. The Balaban J connectivity index is 2.16. The summed E-state index contributed by atoms with van der Waals surface area (Å²) in [6.07, 6.45) is 0. The number of amides is 1. The highest BCUT2D eigenvalue weighted by Gasteiger charge is 2.39. The molecule has 1 fully saturated rings. The third-order valence-corrected chi connectivity index (χ3v) is 4.11. The Morgan fingerprint density at radius 3 is 2.90 bits per heavy atom. The van der Waals surface area contributed by atoms with E-state index in [0.717, 1.165) is 28.8 Å². The van der Waals surface area contributed by atoms with Crippen LogP contribution in [0.25, 0.3) is 10.9 Å². The number of carbonyl (C=O) groups excluding carboxylic acids is 1. The molecule has 3 rings (SSSR count). The molecule has 2 heterocycles. The molecule has 1 aliphatic heterocycles. The van der Waals surface area contributed by atoms with E-state index in [1.54, 1.807) is 0 Å². The van der Waals surface area contributed by atoms with Crippen molar-refractivity contribution in [1.29, 1.82) is 0 Å². The van der Waals surface area contributed by atoms with Crippen molar-refractivity contribution in [2.45, 2.75) is 25.9 Å². The molecule has 3 N–H and O–H groups in total. The summed E-state index contributed by atoms with van der Waals surface area (Å²) >= 11 is 0. The van der Waals surface area contributed by atoms with Crippen LogP contribution >= 0.6 is 0 Å². The maximum Gasteiger partial charge on any atom is 0.245 e. The van der Waals surface area contributed by atoms with E-state index in [9.17, 15) is 4.79 Å². The molecular weight excluding hydrogens is 264 g/mol. The highest BCUT2D eigenvalue weighted by molar-refractivity contribution is 5.91. The van der Waals surface area contributed by atoms with Gasteiger partial charge in [0.05, 0.1) is 5.52 Å². The van der Waals surface area contributed by atoms with E-state index in [-0.39, 0.29) is 5.91 Å². The van der Waals surface area contributed by atoms with Gasteiger partial charge in [0.25, 0.3) is 0 Å². The zero-order valence-electron chi connectivity index (χ0n) is 12.4. The molecule has 1 aromatic carbocycles. The quantitative estimate of drug-likeness (QED) is 0.874. The molecule has 0 aliphatic carbocycles. The first-order valence-corrected chi connectivity index (χ1v) is 7.18. The second-order valence-electron chi connectivity index (χ2n) is 5.83. The molecule has 5 nitrogen and oxygen atoms in total. The van der Waals surface area contributed by atoms with Gasteiger partial charge in [0.15, 0.2) is 0 Å². The van der Waals surface area contributed by atoms with Gasteiger partial charge in [-0.2, -0.15) is 0 Å². The Bertz CT molecular complexity index is 696. The summed E-state index contributed by atoms with van der Waals surface area (Å²) in [5.41, 5.74) is 7.17. The third kappa shape index (κ3) is 2.23. The van der Waals surface area contributed by atoms with Crippen LogP contribution < -0.4 is 16.0 Å². The molecule has 5 heteroatoms. The van der Waals surface area contributed by atoms with E-state index >= 15 is 0 Å². The minimum atomic E-state index is -0.627. The van der Waals surface area contributed by atoms with Crippen LogP contribution in [0.4, 0.5) is 5.82 Å². The van der Waals surface area contributed by atoms with E-state index in [4.69, 9.17) is 10.7 Å². The van der Waals surface area contributed by atoms with Crippen molar-refractivity contribution in [3.05, 3.63) is 35.9 Å². The highest BCUT2D eigenvalue weighted by atomic mass is 16.2. The maximum atomic E-state index is 12.2. The van der Waals surface area contributed by atoms with Crippen LogP contribution in [0.3, 0.4) is 0 Å². The smallest absolute Gasteiger partial charge is 0.245 e. The van der Waals surface area contributed by atoms with Crippen molar-refractivity contribution in [3.63, 3.8) is 0 Å². The average molecular weight is 284 g/mol. The molecule has 0 unspecified atom stereocenters. The average Bonchev–Trinajstić information content (AvgIpc) is 2.48. The van der Waals surface area contributed by atoms with Crippen LogP contribution in [0, 0.1) is 0 Å². The molecular formula is C16H20N4O. The largest absolute Gasteiger partial charge is 0.352 e. The Labute approximate surface area is 124 Å². The van der Waals surface area contributed by atoms with Gasteiger partial charge in [-0.1, -0.05) is 18.2 Å². The van der Waals surface area contributed by atoms with Crippen LogP contribution in [0.2, 0.25) is 0 Å². The number of aromatic nitrogens is 1. The van der Waals surface area contributed by atoms with Gasteiger partial charge in [-0.15, -0.1) is 0 Å². The van der Waals surface area contributed by atoms with Crippen molar-refractivity contribution in [2.75, 3.05) is 18.0 Å². The van der Waals surface area contributed by atoms with Gasteiger partial charge in [-0.3, -0.25) is 4.79 Å². The van der Waals surface area contributed by atoms with Crippen LogP contribution in [-0.4, -0.2) is 29.5 Å². The van der Waals surface area contributed by atoms with Crippen LogP contribution in [0.1, 0.15) is 19.4 Å². The Morgan fingerprint density at radius 1 is 1.38 bits per heavy atom. The first-order valence-electron chi connectivity index (χ1n) is 7.18. The van der Waals surface area contributed by atoms with Gasteiger partial charge >= 0.3 is 0 Å². The molecule has 2 aromatic rings. The molecule has 21 heavy (non-hydrogen) atoms. The monoisotopic (exact) mass is 284 g/mol. The van der Waals surface area contributed by atoms with Gasteiger partial charge in [0.1, 0.15) is 11.4 Å². The fourth-order valence-corrected chi connectivity index (χ4v) is 2.80. The predicted molar refractivity (Wildman–Crippen MR) is 84.1 cm³/mol. The lowest BCUT2D eigenvalue weighted by atomic mass is 9.97. The number of anilines is 1. The molecule has 0 atom stereocenters. The Kier molecular flexibility index (Phi) is 3.29. The zero-order valence-corrected chi connectivity index (χ0v) is 12.4. The summed E-state index contributed by atoms with van der Waals surface area (Å²) in [5, 5.41) is 3.98. The lowest BCUT2D eigenvalue weighted by Crippen LogP contribution is -2.62. The first-order chi connectivity index (χ1) is 10.0. The predicted octanol–water partition coefficient (Wildman–Crippen LogP) is 1.41. The summed E-state index contributed by atoms with van der Waals surface area (Å²) in [6.45, 7) is 5.59. The lowest BCUT2D eigenvalue weighted by molar-refractivity contribution is -0.126. The van der Waals surface area contributed by atoms with E-state index < -0.39 is 5.54 Å². The Hall–Kier alpha value is -2.14. The van der Waals surface area contributed by atoms with Crippen LogP contribution in [0.15, 0.2) is 30.3 Å². The van der Waals surface area contributed by atoms with Crippen molar-refractivity contribution >= 4 is 22.6 Å². The van der Waals surface area contributed by atoms with Crippen molar-refractivity contribution in [1.82, 2.24) is 10.3 Å². The second kappa shape index (κ2) is 5.00. The van der Waals surface area contributed by atoms with Crippen molar-refractivity contribution in [3.8, 4) is 0 Å². The summed E-state index contributed by atoms with van der Waals surface area (Å²) in [4.78, 5) is 19.0.